The van der Waals surface area contributed by atoms with Crippen LogP contribution in [0.15, 0.2) is 127 Å². The summed E-state index contributed by atoms with van der Waals surface area (Å²) < 4.78 is 0. The van der Waals surface area contributed by atoms with Crippen molar-refractivity contribution >= 4 is 70.6 Å². The maximum absolute atomic E-state index is 13.4. The predicted molar refractivity (Wildman–Crippen MR) is 399 cm³/mol. The Balaban J connectivity index is 0.000000219. The van der Waals surface area contributed by atoms with Crippen LogP contribution in [-0.4, -0.2) is 169 Å². The fourth-order valence-electron chi connectivity index (χ4n) is 13.5. The maximum Gasteiger partial charge on any atom is 0.304 e. The Hall–Kier alpha value is -10.2. The van der Waals surface area contributed by atoms with Crippen LogP contribution in [0.25, 0.3) is 0 Å². The molecule has 6 amide bonds. The Kier molecular flexibility index (Phi) is 31.7. The summed E-state index contributed by atoms with van der Waals surface area (Å²) in [5.41, 5.74) is 25.4. The van der Waals surface area contributed by atoms with E-state index < -0.39 is 42.1 Å². The minimum Gasteiger partial charge on any atom is -0.481 e. The van der Waals surface area contributed by atoms with Crippen molar-refractivity contribution in [2.45, 2.75) is 193 Å². The zero-order valence-electron chi connectivity index (χ0n) is 60.9. The zero-order chi connectivity index (χ0) is 75.4. The fourth-order valence-corrected chi connectivity index (χ4v) is 13.5. The third kappa shape index (κ3) is 25.7. The zero-order valence-corrected chi connectivity index (χ0v) is 60.9. The van der Waals surface area contributed by atoms with Gasteiger partial charge in [0.25, 0.3) is 0 Å². The van der Waals surface area contributed by atoms with Crippen molar-refractivity contribution < 1.29 is 53.4 Å². The van der Waals surface area contributed by atoms with Crippen molar-refractivity contribution in [2.75, 3.05) is 56.5 Å². The number of rotatable bonds is 29. The number of nitrogens with one attached hydrogen (secondary N) is 6. The molecule has 3 aliphatic heterocycles. The van der Waals surface area contributed by atoms with Crippen molar-refractivity contribution in [3.8, 4) is 0 Å². The van der Waals surface area contributed by atoms with Gasteiger partial charge >= 0.3 is 11.9 Å². The Labute approximate surface area is 609 Å². The summed E-state index contributed by atoms with van der Waals surface area (Å²) in [6.45, 7) is 16.2. The average molecular weight is 1430 g/mol. The van der Waals surface area contributed by atoms with Gasteiger partial charge in [-0.15, -0.1) is 0 Å². The number of carbonyl (C=O) groups is 9. The van der Waals surface area contributed by atoms with Gasteiger partial charge in [-0.2, -0.15) is 0 Å². The quantitative estimate of drug-likeness (QED) is 0.0217. The van der Waals surface area contributed by atoms with Crippen molar-refractivity contribution in [3.05, 3.63) is 178 Å². The lowest BCUT2D eigenvalue weighted by atomic mass is 9.84. The van der Waals surface area contributed by atoms with Crippen LogP contribution in [0.3, 0.4) is 0 Å². The summed E-state index contributed by atoms with van der Waals surface area (Å²) in [7, 11) is 0. The van der Waals surface area contributed by atoms with E-state index in [-0.39, 0.29) is 91.0 Å². The van der Waals surface area contributed by atoms with Gasteiger partial charge in [-0.1, -0.05) is 116 Å². The van der Waals surface area contributed by atoms with E-state index in [1.54, 1.807) is 39.0 Å². The molecule has 3 aromatic heterocycles. The average Bonchev–Trinajstić information content (AvgIpc) is 0.825. The van der Waals surface area contributed by atoms with E-state index in [0.717, 1.165) is 84.5 Å². The van der Waals surface area contributed by atoms with E-state index in [1.807, 2.05) is 103 Å². The second-order valence-corrected chi connectivity index (χ2v) is 27.3. The number of carboxylic acids is 2. The second-order valence-electron chi connectivity index (χ2n) is 27.3. The second kappa shape index (κ2) is 40.6. The molecule has 0 aliphatic carbocycles. The number of nitrogens with zero attached hydrogens (tertiary/aromatic N) is 6. The van der Waals surface area contributed by atoms with Gasteiger partial charge in [0.1, 0.15) is 41.4 Å². The van der Waals surface area contributed by atoms with Gasteiger partial charge in [-0.05, 0) is 195 Å². The molecule has 14 N–H and O–H groups in total. The molecule has 26 nitrogen and oxygen atoms in total. The van der Waals surface area contributed by atoms with Gasteiger partial charge in [0.05, 0.1) is 31.1 Å². The number of Topliss-reactive ketones (excluding diaryl/α,β-unsaturated/α-hetero) is 1. The molecule has 3 aliphatic rings. The standard InChI is InChI=1S/C28H39N5O4.C25H33N5O4.C25H33N5O3/c1-19-23(12-13-25(29)31-19)18-30-27(36)20(2)32-28(37)24-17-22(21-9-5-3-6-10-21)14-16-33(24)15-8-4-7-11-26(34)35;1-16-20(8-9-22(26)28-16)15-27-24(33)17(2)29-25(34)21-14-19(18-6-4-3-5-7-18)10-12-30(21)13-11-23(31)32;1-16(31)15-30-12-11-20(19-7-5-4-6-8-19)13-22(30)25(33)29-18(3)24(32)27-14-21-9-10-23(26)28-17(21)2/h3,5-6,9-10,12-13,20,22,24H,4,7-8,11,14-18H2,1-2H3,(H2,29,31)(H,30,36)(H,32,37)(H,34,35);3-9,17,19,21H,10-15H2,1-2H3,(H2,26,28)(H,27,33)(H,29,34)(H,31,32);4-10,18,20,22H,11-15H2,1-3H3,(H2,26,28)(H,27,32)(H,29,33)/t20-,22-,24+;17-,19-,21+;18-,20-,22+/m000/s1. The van der Waals surface area contributed by atoms with E-state index in [9.17, 15) is 43.2 Å². The summed E-state index contributed by atoms with van der Waals surface area (Å²) >= 11 is 0. The molecular formula is C78H105N15O11. The molecule has 26 heteroatoms. The number of aliphatic carboxylic acids is 2. The summed E-state index contributed by atoms with van der Waals surface area (Å²) in [6.07, 6.45) is 6.92. The number of piperidine rings is 3. The van der Waals surface area contributed by atoms with Crippen LogP contribution in [0, 0.1) is 20.8 Å². The number of hydrogen-bond donors (Lipinski definition) is 11. The Morgan fingerprint density at radius 3 is 1.07 bits per heavy atom. The Bertz CT molecular complexity index is 3850. The molecule has 0 saturated carbocycles. The van der Waals surface area contributed by atoms with E-state index in [0.29, 0.717) is 75.9 Å². The largest absolute Gasteiger partial charge is 0.481 e. The van der Waals surface area contributed by atoms with Gasteiger partial charge < -0.3 is 59.3 Å². The van der Waals surface area contributed by atoms with Crippen LogP contribution in [0.4, 0.5) is 17.5 Å². The molecule has 104 heavy (non-hydrogen) atoms. The number of ketones is 1. The molecule has 9 rings (SSSR count). The van der Waals surface area contributed by atoms with Crippen LogP contribution < -0.4 is 49.1 Å². The molecule has 6 aromatic rings. The highest BCUT2D eigenvalue weighted by Crippen LogP contribution is 2.35. The number of pyridine rings is 3. The number of nitrogen functional groups attached to an aromatic ring is 3. The van der Waals surface area contributed by atoms with Gasteiger partial charge in [0.2, 0.25) is 35.4 Å². The topological polar surface area (TPSA) is 393 Å². The highest BCUT2D eigenvalue weighted by Gasteiger charge is 2.38. The summed E-state index contributed by atoms with van der Waals surface area (Å²) in [5.74, 6) is -1.19. The van der Waals surface area contributed by atoms with Gasteiger partial charge in [-0.3, -0.25) is 57.9 Å². The first-order valence-corrected chi connectivity index (χ1v) is 35.9. The lowest BCUT2D eigenvalue weighted by Crippen LogP contribution is -2.55. The highest BCUT2D eigenvalue weighted by molar-refractivity contribution is 5.91. The lowest BCUT2D eigenvalue weighted by molar-refractivity contribution is -0.139. The first-order valence-electron chi connectivity index (χ1n) is 35.9. The van der Waals surface area contributed by atoms with Crippen molar-refractivity contribution in [1.29, 1.82) is 0 Å². The molecule has 3 fully saturated rings. The summed E-state index contributed by atoms with van der Waals surface area (Å²) in [5, 5.41) is 35.1. The highest BCUT2D eigenvalue weighted by atomic mass is 16.4. The molecule has 3 saturated heterocycles. The van der Waals surface area contributed by atoms with E-state index in [4.69, 9.17) is 27.4 Å². The van der Waals surface area contributed by atoms with Crippen LogP contribution in [0.2, 0.25) is 0 Å². The van der Waals surface area contributed by atoms with Crippen LogP contribution in [-0.2, 0) is 62.8 Å². The van der Waals surface area contributed by atoms with Crippen molar-refractivity contribution in [1.82, 2.24) is 61.6 Å². The number of amides is 6. The number of nitrogens with two attached hydrogens (primary N) is 3. The number of aryl methyl sites for hydroxylation is 3. The normalized spacial score (nSPS) is 19.1. The molecule has 9 atom stereocenters. The number of carboxylic acid groups (broad SMARTS) is 2. The minimum atomic E-state index is -0.899. The lowest BCUT2D eigenvalue weighted by Gasteiger charge is -2.39. The van der Waals surface area contributed by atoms with Gasteiger partial charge in [0, 0.05) is 49.7 Å². The molecule has 0 bridgehead atoms. The van der Waals surface area contributed by atoms with E-state index >= 15 is 0 Å². The van der Waals surface area contributed by atoms with E-state index in [1.165, 1.54) is 18.1 Å². The van der Waals surface area contributed by atoms with Gasteiger partial charge in [0.15, 0.2) is 0 Å². The van der Waals surface area contributed by atoms with Gasteiger partial charge in [-0.25, -0.2) is 15.0 Å². The number of aromatic nitrogens is 3. The van der Waals surface area contributed by atoms with Crippen molar-refractivity contribution in [3.63, 3.8) is 0 Å². The SMILES string of the molecule is CC(=O)CN1CC[C@H](c2ccccc2)C[C@@H]1C(=O)N[C@@H](C)C(=O)NCc1ccc(N)nc1C.Cc1nc(N)ccc1CNC(=O)[C@H](C)NC(=O)[C@H]1C[C@@H](c2ccccc2)CCN1CCC(=O)O.Cc1nc(N)ccc1CNC(=O)[C@H](C)NC(=O)[C@H]1C[C@@H](c2ccccc2)CCN1CCCCCC(=O)O. The smallest absolute Gasteiger partial charge is 0.304 e. The monoisotopic (exact) mass is 1430 g/mol. The number of unbranched alkanes of at least 4 members (excludes halogenated alkanes) is 2. The maximum atomic E-state index is 13.4. The summed E-state index contributed by atoms with van der Waals surface area (Å²) in [4.78, 5) is 130. The number of benzene rings is 3. The van der Waals surface area contributed by atoms with Crippen LogP contribution in [0.1, 0.15) is 167 Å². The first kappa shape index (κ1) is 81.1. The third-order valence-electron chi connectivity index (χ3n) is 19.5. The Morgan fingerprint density at radius 2 is 0.750 bits per heavy atom. The molecular weight excluding hydrogens is 1320 g/mol. The summed E-state index contributed by atoms with van der Waals surface area (Å²) in [6, 6.07) is 37.4. The molecule has 3 aromatic carbocycles. The third-order valence-corrected chi connectivity index (χ3v) is 19.5. The number of carbonyl (C=O) groups excluding carboxylic acids is 7. The predicted octanol–water partition coefficient (Wildman–Crippen LogP) is 6.73. The van der Waals surface area contributed by atoms with Crippen LogP contribution >= 0.6 is 0 Å². The molecule has 0 radical (unpaired) electrons. The fraction of sp³-hybridized carbons (Fsp3) is 0.462. The molecule has 558 valence electrons. The number of likely N-dealkylation sites (tertiary alicyclic amines) is 3. The number of hydrogen-bond acceptors (Lipinski definition) is 18. The molecule has 0 spiro atoms. The first-order chi connectivity index (χ1) is 49.7. The van der Waals surface area contributed by atoms with Crippen molar-refractivity contribution in [2.24, 2.45) is 0 Å². The number of anilines is 3. The van der Waals surface area contributed by atoms with Crippen LogP contribution in [0.5, 0.6) is 0 Å². The van der Waals surface area contributed by atoms with E-state index in [2.05, 4.69) is 88.2 Å². The molecule has 0 unspecified atom stereocenters. The Morgan fingerprint density at radius 1 is 0.433 bits per heavy atom. The minimum absolute atomic E-state index is 0.0178. The molecule has 6 heterocycles.